The zero-order chi connectivity index (χ0) is 10.5. The molecular formula is C10H7ClN4. The maximum atomic E-state index is 5.73. The van der Waals surface area contributed by atoms with Crippen LogP contribution in [0.1, 0.15) is 0 Å². The molecule has 0 spiro atoms. The highest BCUT2D eigenvalue weighted by Crippen LogP contribution is 2.18. The molecule has 0 atom stereocenters. The molecule has 0 saturated heterocycles. The summed E-state index contributed by atoms with van der Waals surface area (Å²) in [6, 6.07) is 7.07. The minimum absolute atomic E-state index is 0.479. The Morgan fingerprint density at radius 2 is 1.80 bits per heavy atom. The summed E-state index contributed by atoms with van der Waals surface area (Å²) in [6.45, 7) is 0. The average Bonchev–Trinajstić information content (AvgIpc) is 2.30. The predicted molar refractivity (Wildman–Crippen MR) is 57.7 cm³/mol. The van der Waals surface area contributed by atoms with E-state index in [0.29, 0.717) is 10.8 Å². The van der Waals surface area contributed by atoms with Crippen LogP contribution >= 0.6 is 11.6 Å². The van der Waals surface area contributed by atoms with Crippen LogP contribution in [0.15, 0.2) is 53.1 Å². The second-order valence-electron chi connectivity index (χ2n) is 2.74. The van der Waals surface area contributed by atoms with Crippen LogP contribution in [-0.4, -0.2) is 9.97 Å². The summed E-state index contributed by atoms with van der Waals surface area (Å²) in [5.41, 5.74) is 0.727. The molecule has 2 rings (SSSR count). The van der Waals surface area contributed by atoms with E-state index in [2.05, 4.69) is 20.2 Å². The predicted octanol–water partition coefficient (Wildman–Crippen LogP) is 3.55. The SMILES string of the molecule is Clc1ccc(N=Nc2cnccn2)cc1. The van der Waals surface area contributed by atoms with Crippen LogP contribution in [0.3, 0.4) is 0 Å². The van der Waals surface area contributed by atoms with Crippen LogP contribution in [0, 0.1) is 0 Å². The molecule has 0 aliphatic rings. The summed E-state index contributed by atoms with van der Waals surface area (Å²) in [4.78, 5) is 7.84. The highest BCUT2D eigenvalue weighted by molar-refractivity contribution is 6.30. The van der Waals surface area contributed by atoms with Gasteiger partial charge in [0, 0.05) is 17.4 Å². The van der Waals surface area contributed by atoms with E-state index in [1.807, 2.05) is 0 Å². The van der Waals surface area contributed by atoms with Crippen molar-refractivity contribution in [1.82, 2.24) is 9.97 Å². The molecule has 0 radical (unpaired) electrons. The van der Waals surface area contributed by atoms with Crippen molar-refractivity contribution >= 4 is 23.1 Å². The number of hydrogen-bond donors (Lipinski definition) is 0. The molecule has 0 fully saturated rings. The smallest absolute Gasteiger partial charge is 0.192 e. The number of nitrogens with zero attached hydrogens (tertiary/aromatic N) is 4. The van der Waals surface area contributed by atoms with Gasteiger partial charge in [-0.2, -0.15) is 0 Å². The molecule has 0 aliphatic carbocycles. The van der Waals surface area contributed by atoms with E-state index >= 15 is 0 Å². The van der Waals surface area contributed by atoms with Gasteiger partial charge in [-0.25, -0.2) is 4.98 Å². The molecule has 1 aromatic carbocycles. The lowest BCUT2D eigenvalue weighted by molar-refractivity contribution is 1.11. The van der Waals surface area contributed by atoms with Crippen LogP contribution in [0.25, 0.3) is 0 Å². The largest absolute Gasteiger partial charge is 0.259 e. The maximum absolute atomic E-state index is 5.73. The first kappa shape index (κ1) is 9.73. The molecule has 4 nitrogen and oxygen atoms in total. The van der Waals surface area contributed by atoms with Crippen molar-refractivity contribution in [1.29, 1.82) is 0 Å². The van der Waals surface area contributed by atoms with E-state index in [0.717, 1.165) is 5.69 Å². The first-order valence-electron chi connectivity index (χ1n) is 4.28. The van der Waals surface area contributed by atoms with Crippen molar-refractivity contribution in [3.63, 3.8) is 0 Å². The third-order valence-corrected chi connectivity index (χ3v) is 1.90. The molecule has 1 aromatic heterocycles. The van der Waals surface area contributed by atoms with Gasteiger partial charge in [0.15, 0.2) is 5.82 Å². The average molecular weight is 219 g/mol. The van der Waals surface area contributed by atoms with Crippen LogP contribution in [0.2, 0.25) is 5.02 Å². The van der Waals surface area contributed by atoms with Gasteiger partial charge in [0.25, 0.3) is 0 Å². The number of halogens is 1. The molecule has 5 heteroatoms. The van der Waals surface area contributed by atoms with E-state index in [1.54, 1.807) is 42.9 Å². The van der Waals surface area contributed by atoms with Crippen LogP contribution in [0.4, 0.5) is 11.5 Å². The van der Waals surface area contributed by atoms with E-state index < -0.39 is 0 Å². The van der Waals surface area contributed by atoms with Gasteiger partial charge in [0.1, 0.15) is 0 Å². The van der Waals surface area contributed by atoms with Gasteiger partial charge < -0.3 is 0 Å². The summed E-state index contributed by atoms with van der Waals surface area (Å²) >= 11 is 5.73. The highest BCUT2D eigenvalue weighted by Gasteiger charge is 1.91. The summed E-state index contributed by atoms with van der Waals surface area (Å²) in [5.74, 6) is 0.479. The third kappa shape index (κ3) is 2.82. The first-order valence-corrected chi connectivity index (χ1v) is 4.66. The normalized spacial score (nSPS) is 10.7. The lowest BCUT2D eigenvalue weighted by Crippen LogP contribution is -1.73. The minimum Gasteiger partial charge on any atom is -0.259 e. The van der Waals surface area contributed by atoms with E-state index in [4.69, 9.17) is 11.6 Å². The van der Waals surface area contributed by atoms with Crippen LogP contribution in [-0.2, 0) is 0 Å². The van der Waals surface area contributed by atoms with Gasteiger partial charge >= 0.3 is 0 Å². The molecule has 1 heterocycles. The molecule has 0 unspecified atom stereocenters. The summed E-state index contributed by atoms with van der Waals surface area (Å²) in [5, 5.41) is 8.57. The van der Waals surface area contributed by atoms with E-state index in [1.165, 1.54) is 0 Å². The van der Waals surface area contributed by atoms with Crippen molar-refractivity contribution in [2.45, 2.75) is 0 Å². The number of hydrogen-bond acceptors (Lipinski definition) is 4. The minimum atomic E-state index is 0.479. The second-order valence-corrected chi connectivity index (χ2v) is 3.18. The zero-order valence-corrected chi connectivity index (χ0v) is 8.46. The van der Waals surface area contributed by atoms with Crippen molar-refractivity contribution < 1.29 is 0 Å². The van der Waals surface area contributed by atoms with Gasteiger partial charge in [0.05, 0.1) is 11.9 Å². The molecule has 0 N–H and O–H groups in total. The second kappa shape index (κ2) is 4.61. The van der Waals surface area contributed by atoms with Crippen molar-refractivity contribution in [2.75, 3.05) is 0 Å². The van der Waals surface area contributed by atoms with Gasteiger partial charge in [0.2, 0.25) is 0 Å². The number of benzene rings is 1. The molecular weight excluding hydrogens is 212 g/mol. The Morgan fingerprint density at radius 1 is 1.00 bits per heavy atom. The third-order valence-electron chi connectivity index (χ3n) is 1.64. The molecule has 0 saturated carbocycles. The van der Waals surface area contributed by atoms with Crippen LogP contribution < -0.4 is 0 Å². The fourth-order valence-corrected chi connectivity index (χ4v) is 1.09. The van der Waals surface area contributed by atoms with Crippen molar-refractivity contribution in [3.8, 4) is 0 Å². The molecule has 0 bridgehead atoms. The Hall–Kier alpha value is -1.81. The summed E-state index contributed by atoms with van der Waals surface area (Å²) < 4.78 is 0. The number of aromatic nitrogens is 2. The molecule has 2 aromatic rings. The van der Waals surface area contributed by atoms with Gasteiger partial charge in [-0.1, -0.05) is 11.6 Å². The number of azo groups is 1. The molecule has 0 aliphatic heterocycles. The fourth-order valence-electron chi connectivity index (χ4n) is 0.960. The standard InChI is InChI=1S/C10H7ClN4/c11-8-1-3-9(4-2-8)14-15-10-7-12-5-6-13-10/h1-7H. The Balaban J connectivity index is 2.15. The highest BCUT2D eigenvalue weighted by atomic mass is 35.5. The van der Waals surface area contributed by atoms with Gasteiger partial charge in [-0.3, -0.25) is 4.98 Å². The summed E-state index contributed by atoms with van der Waals surface area (Å²) in [6.07, 6.45) is 4.69. The number of rotatable bonds is 2. The lowest BCUT2D eigenvalue weighted by Gasteiger charge is -1.92. The van der Waals surface area contributed by atoms with Crippen LogP contribution in [0.5, 0.6) is 0 Å². The van der Waals surface area contributed by atoms with Gasteiger partial charge in [-0.05, 0) is 24.3 Å². The Kier molecular flexibility index (Phi) is 2.99. The van der Waals surface area contributed by atoms with E-state index in [9.17, 15) is 0 Å². The Morgan fingerprint density at radius 3 is 2.47 bits per heavy atom. The Bertz CT molecular complexity index is 453. The molecule has 74 valence electrons. The van der Waals surface area contributed by atoms with Gasteiger partial charge in [-0.15, -0.1) is 10.2 Å². The van der Waals surface area contributed by atoms with E-state index in [-0.39, 0.29) is 0 Å². The Labute approximate surface area is 91.7 Å². The monoisotopic (exact) mass is 218 g/mol. The fraction of sp³-hybridized carbons (Fsp3) is 0. The lowest BCUT2D eigenvalue weighted by atomic mass is 10.3. The summed E-state index contributed by atoms with van der Waals surface area (Å²) in [7, 11) is 0. The first-order chi connectivity index (χ1) is 7.34. The topological polar surface area (TPSA) is 50.5 Å². The maximum Gasteiger partial charge on any atom is 0.192 e. The molecule has 15 heavy (non-hydrogen) atoms. The van der Waals surface area contributed by atoms with Crippen molar-refractivity contribution in [3.05, 3.63) is 47.9 Å². The van der Waals surface area contributed by atoms with Crippen molar-refractivity contribution in [2.24, 2.45) is 10.2 Å². The molecule has 0 amide bonds. The zero-order valence-electron chi connectivity index (χ0n) is 7.71. The quantitative estimate of drug-likeness (QED) is 0.724.